The normalized spacial score (nSPS) is 10.5. The Balaban J connectivity index is 0.000000810. The summed E-state index contributed by atoms with van der Waals surface area (Å²) in [7, 11) is -3.57. The van der Waals surface area contributed by atoms with E-state index < -0.39 is 10.0 Å². The minimum absolute atomic E-state index is 0. The van der Waals surface area contributed by atoms with Crippen molar-refractivity contribution >= 4 is 51.1 Å². The van der Waals surface area contributed by atoms with Crippen molar-refractivity contribution in [1.82, 2.24) is 9.59 Å². The molecule has 0 aliphatic carbocycles. The molecule has 1 rings (SSSR count). The van der Waals surface area contributed by atoms with Gasteiger partial charge in [0.2, 0.25) is 0 Å². The van der Waals surface area contributed by atoms with E-state index in [1.165, 1.54) is 0 Å². The van der Waals surface area contributed by atoms with Crippen LogP contribution in [0.4, 0.5) is 0 Å². The molecule has 0 radical (unpaired) electrons. The molecule has 0 bridgehead atoms. The Morgan fingerprint density at radius 2 is 2.20 bits per heavy atom. The van der Waals surface area contributed by atoms with Crippen molar-refractivity contribution in [2.75, 3.05) is 0 Å². The van der Waals surface area contributed by atoms with Crippen LogP contribution >= 0.6 is 11.5 Å². The van der Waals surface area contributed by atoms with E-state index in [-0.39, 0.29) is 33.8 Å². The van der Waals surface area contributed by atoms with Gasteiger partial charge in [-0.05, 0) is 0 Å². The maximum absolute atomic E-state index is 10.4. The van der Waals surface area contributed by atoms with Crippen molar-refractivity contribution < 1.29 is 8.42 Å². The molecule has 10 heavy (non-hydrogen) atoms. The number of rotatable bonds is 1. The molecule has 0 aromatic carbocycles. The third kappa shape index (κ3) is 2.60. The van der Waals surface area contributed by atoms with Gasteiger partial charge in [0.1, 0.15) is 0 Å². The standard InChI is InChI=1S/C2H3N3O2S2.Na.H/c3-9(6,7)2-1-4-5-8-2;;/h1H,(H2,3,6,7);;. The molecule has 1 aromatic rings. The topological polar surface area (TPSA) is 85.9 Å². The van der Waals surface area contributed by atoms with Crippen LogP contribution in [0, 0.1) is 0 Å². The summed E-state index contributed by atoms with van der Waals surface area (Å²) in [6.45, 7) is 0. The molecule has 0 amide bonds. The van der Waals surface area contributed by atoms with Crippen LogP contribution in [0.1, 0.15) is 0 Å². The first-order valence-corrected chi connectivity index (χ1v) is 4.23. The average Bonchev–Trinajstić information content (AvgIpc) is 2.08. The molecule has 8 heteroatoms. The Bertz CT molecular complexity index is 279. The molecule has 5 nitrogen and oxygen atoms in total. The summed E-state index contributed by atoms with van der Waals surface area (Å²) in [4.78, 5) is 0. The van der Waals surface area contributed by atoms with Crippen LogP contribution in [-0.4, -0.2) is 47.6 Å². The molecule has 2 N–H and O–H groups in total. The van der Waals surface area contributed by atoms with Crippen molar-refractivity contribution in [3.05, 3.63) is 6.20 Å². The molecule has 0 aliphatic heterocycles. The number of sulfonamides is 1. The van der Waals surface area contributed by atoms with Gasteiger partial charge in [0.05, 0.1) is 6.20 Å². The zero-order valence-electron chi connectivity index (χ0n) is 4.18. The second-order valence-corrected chi connectivity index (χ2v) is 3.86. The van der Waals surface area contributed by atoms with E-state index in [0.717, 1.165) is 17.7 Å². The molecule has 0 saturated carbocycles. The van der Waals surface area contributed by atoms with E-state index in [9.17, 15) is 8.42 Å². The summed E-state index contributed by atoms with van der Waals surface area (Å²) in [6, 6.07) is 0. The molecular formula is C2H4N3NaO2S2. The minimum atomic E-state index is -3.57. The second kappa shape index (κ2) is 3.74. The molecule has 1 heterocycles. The molecule has 0 atom stereocenters. The van der Waals surface area contributed by atoms with E-state index >= 15 is 0 Å². The quantitative estimate of drug-likeness (QED) is 0.547. The van der Waals surface area contributed by atoms with Crippen LogP contribution < -0.4 is 5.14 Å². The third-order valence-corrected chi connectivity index (χ3v) is 2.67. The number of primary sulfonamides is 1. The Labute approximate surface area is 84.1 Å². The van der Waals surface area contributed by atoms with Crippen molar-refractivity contribution in [2.45, 2.75) is 4.21 Å². The second-order valence-electron chi connectivity index (χ2n) is 1.28. The van der Waals surface area contributed by atoms with Gasteiger partial charge < -0.3 is 0 Å². The van der Waals surface area contributed by atoms with E-state index in [1.54, 1.807) is 0 Å². The zero-order valence-corrected chi connectivity index (χ0v) is 5.82. The first-order valence-electron chi connectivity index (χ1n) is 1.91. The van der Waals surface area contributed by atoms with Gasteiger partial charge in [-0.15, -0.1) is 5.10 Å². The third-order valence-electron chi connectivity index (χ3n) is 0.622. The van der Waals surface area contributed by atoms with Crippen LogP contribution in [0.3, 0.4) is 0 Å². The maximum atomic E-state index is 10.4. The number of hydrogen-bond donors (Lipinski definition) is 1. The van der Waals surface area contributed by atoms with E-state index in [2.05, 4.69) is 9.59 Å². The molecule has 52 valence electrons. The van der Waals surface area contributed by atoms with Crippen LogP contribution in [0.5, 0.6) is 0 Å². The summed E-state index contributed by atoms with van der Waals surface area (Å²) in [5, 5.41) is 8.00. The fourth-order valence-corrected chi connectivity index (χ4v) is 1.26. The van der Waals surface area contributed by atoms with Gasteiger partial charge in [-0.1, -0.05) is 4.49 Å². The number of nitrogens with two attached hydrogens (primary N) is 1. The molecule has 1 aromatic heterocycles. The molecule has 0 fully saturated rings. The van der Waals surface area contributed by atoms with E-state index in [1.807, 2.05) is 0 Å². The Morgan fingerprint density at radius 3 is 2.40 bits per heavy atom. The van der Waals surface area contributed by atoms with Gasteiger partial charge >= 0.3 is 29.6 Å². The number of hydrogen-bond acceptors (Lipinski definition) is 5. The monoisotopic (exact) mass is 189 g/mol. The molecule has 0 spiro atoms. The molecular weight excluding hydrogens is 185 g/mol. The fraction of sp³-hybridized carbons (Fsp3) is 0. The van der Waals surface area contributed by atoms with Gasteiger partial charge in [0.15, 0.2) is 4.21 Å². The van der Waals surface area contributed by atoms with Crippen molar-refractivity contribution in [2.24, 2.45) is 5.14 Å². The Hall–Kier alpha value is 0.470. The number of nitrogens with zero attached hydrogens (tertiary/aromatic N) is 2. The summed E-state index contributed by atoms with van der Waals surface area (Å²) in [5.41, 5.74) is 0. The van der Waals surface area contributed by atoms with Crippen LogP contribution in [0.2, 0.25) is 0 Å². The Morgan fingerprint density at radius 1 is 1.60 bits per heavy atom. The predicted octanol–water partition coefficient (Wildman–Crippen LogP) is -1.46. The van der Waals surface area contributed by atoms with Crippen molar-refractivity contribution in [3.63, 3.8) is 0 Å². The summed E-state index contributed by atoms with van der Waals surface area (Å²) >= 11 is 0.756. The predicted molar refractivity (Wildman–Crippen MR) is 38.4 cm³/mol. The van der Waals surface area contributed by atoms with Gasteiger partial charge in [0.25, 0.3) is 10.0 Å². The first-order chi connectivity index (χ1) is 4.11. The van der Waals surface area contributed by atoms with E-state index in [0.29, 0.717) is 0 Å². The summed E-state index contributed by atoms with van der Waals surface area (Å²) < 4.78 is 24.1. The molecule has 0 unspecified atom stereocenters. The fourth-order valence-electron chi connectivity index (χ4n) is 0.283. The summed E-state index contributed by atoms with van der Waals surface area (Å²) in [6.07, 6.45) is 1.11. The zero-order chi connectivity index (χ0) is 6.91. The van der Waals surface area contributed by atoms with Crippen LogP contribution in [0.25, 0.3) is 0 Å². The van der Waals surface area contributed by atoms with Crippen molar-refractivity contribution in [1.29, 1.82) is 0 Å². The average molecular weight is 189 g/mol. The van der Waals surface area contributed by atoms with Crippen LogP contribution in [0.15, 0.2) is 10.4 Å². The van der Waals surface area contributed by atoms with Crippen LogP contribution in [-0.2, 0) is 10.0 Å². The van der Waals surface area contributed by atoms with Gasteiger partial charge in [-0.25, -0.2) is 13.6 Å². The molecule has 0 aliphatic rings. The first kappa shape index (κ1) is 10.5. The van der Waals surface area contributed by atoms with Crippen molar-refractivity contribution in [3.8, 4) is 0 Å². The Kier molecular flexibility index (Phi) is 3.92. The SMILES string of the molecule is NS(=O)(=O)c1cnns1.[NaH]. The van der Waals surface area contributed by atoms with Gasteiger partial charge in [-0.3, -0.25) is 0 Å². The van der Waals surface area contributed by atoms with Gasteiger partial charge in [-0.2, -0.15) is 0 Å². The summed E-state index contributed by atoms with van der Waals surface area (Å²) in [5.74, 6) is 0. The number of aromatic nitrogens is 2. The van der Waals surface area contributed by atoms with E-state index in [4.69, 9.17) is 5.14 Å². The van der Waals surface area contributed by atoms with Gasteiger partial charge in [0, 0.05) is 11.5 Å². The molecule has 0 saturated heterocycles.